The Hall–Kier alpha value is -1.69. The number of furan rings is 1. The molecule has 0 aromatic carbocycles. The molecule has 0 radical (unpaired) electrons. The zero-order valence-electron chi connectivity index (χ0n) is 15.3. The molecule has 1 fully saturated rings. The largest absolute Gasteiger partial charge is 0.465 e. The molecule has 0 amide bonds. The summed E-state index contributed by atoms with van der Waals surface area (Å²) in [5.41, 5.74) is 2.16. The monoisotopic (exact) mass is 343 g/mol. The number of aliphatic hydroxyl groups is 1. The third-order valence-corrected chi connectivity index (χ3v) is 4.91. The Kier molecular flexibility index (Phi) is 6.24. The minimum Gasteiger partial charge on any atom is -0.465 e. The maximum Gasteiger partial charge on any atom is 0.118 e. The second-order valence-corrected chi connectivity index (χ2v) is 6.86. The van der Waals surface area contributed by atoms with Crippen molar-refractivity contribution in [1.82, 2.24) is 14.8 Å². The van der Waals surface area contributed by atoms with Crippen LogP contribution in [0.25, 0.3) is 0 Å². The third kappa shape index (κ3) is 4.91. The first-order chi connectivity index (χ1) is 12.2. The van der Waals surface area contributed by atoms with Crippen LogP contribution >= 0.6 is 0 Å². The Bertz CT molecular complexity index is 670. The second-order valence-electron chi connectivity index (χ2n) is 6.86. The average Bonchev–Trinajstić information content (AvgIpc) is 3.05. The zero-order valence-corrected chi connectivity index (χ0v) is 15.3. The number of aryl methyl sites for hydroxylation is 2. The first kappa shape index (κ1) is 18.1. The van der Waals surface area contributed by atoms with Crippen LogP contribution in [0.2, 0.25) is 0 Å². The molecule has 1 N–H and O–H groups in total. The van der Waals surface area contributed by atoms with E-state index in [1.165, 1.54) is 0 Å². The molecule has 0 aliphatic carbocycles. The van der Waals surface area contributed by atoms with Crippen LogP contribution in [-0.2, 0) is 19.5 Å². The van der Waals surface area contributed by atoms with E-state index in [0.717, 1.165) is 68.5 Å². The van der Waals surface area contributed by atoms with Gasteiger partial charge in [-0.2, -0.15) is 0 Å². The molecular formula is C20H29N3O2. The van der Waals surface area contributed by atoms with Gasteiger partial charge in [-0.1, -0.05) is 13.0 Å². The summed E-state index contributed by atoms with van der Waals surface area (Å²) in [4.78, 5) is 9.51. The second kappa shape index (κ2) is 8.61. The molecule has 0 spiro atoms. The molecule has 25 heavy (non-hydrogen) atoms. The molecule has 3 heterocycles. The summed E-state index contributed by atoms with van der Waals surface area (Å²) in [6, 6.07) is 10.7. The summed E-state index contributed by atoms with van der Waals surface area (Å²) in [7, 11) is 0. The highest BCUT2D eigenvalue weighted by Crippen LogP contribution is 2.19. The molecule has 1 aliphatic heterocycles. The van der Waals surface area contributed by atoms with Crippen molar-refractivity contribution in [3.63, 3.8) is 0 Å². The van der Waals surface area contributed by atoms with Crippen LogP contribution in [0.1, 0.15) is 36.3 Å². The van der Waals surface area contributed by atoms with Crippen molar-refractivity contribution in [2.45, 2.75) is 45.8 Å². The molecule has 136 valence electrons. The van der Waals surface area contributed by atoms with Gasteiger partial charge in [0.2, 0.25) is 0 Å². The van der Waals surface area contributed by atoms with Gasteiger partial charge in [-0.15, -0.1) is 0 Å². The molecule has 5 heteroatoms. The SMILES string of the molecule is CCc1ccc(CN2CCN(Cc3cccc(C)n3)C(CCO)C2)o1. The van der Waals surface area contributed by atoms with Gasteiger partial charge in [0.1, 0.15) is 11.5 Å². The van der Waals surface area contributed by atoms with Crippen molar-refractivity contribution in [2.75, 3.05) is 26.2 Å². The van der Waals surface area contributed by atoms with Crippen LogP contribution in [-0.4, -0.2) is 52.2 Å². The Morgan fingerprint density at radius 1 is 1.16 bits per heavy atom. The molecule has 1 unspecified atom stereocenters. The number of hydrogen-bond acceptors (Lipinski definition) is 5. The number of rotatable bonds is 7. The predicted octanol–water partition coefficient (Wildman–Crippen LogP) is 2.61. The standard InChI is InChI=1S/C20H29N3O2/c1-3-19-7-8-20(25-19)15-22-10-11-23(18(14-22)9-12-24)13-17-6-4-5-16(2)21-17/h4-8,18,24H,3,9-15H2,1-2H3. The van der Waals surface area contributed by atoms with Crippen molar-refractivity contribution in [2.24, 2.45) is 0 Å². The summed E-state index contributed by atoms with van der Waals surface area (Å²) < 4.78 is 5.85. The highest BCUT2D eigenvalue weighted by Gasteiger charge is 2.27. The molecule has 1 atom stereocenters. The van der Waals surface area contributed by atoms with E-state index in [2.05, 4.69) is 46.0 Å². The lowest BCUT2D eigenvalue weighted by Gasteiger charge is -2.41. The van der Waals surface area contributed by atoms with Gasteiger partial charge in [0.05, 0.1) is 12.2 Å². The summed E-state index contributed by atoms with van der Waals surface area (Å²) >= 11 is 0. The number of hydrogen-bond donors (Lipinski definition) is 1. The van der Waals surface area contributed by atoms with Gasteiger partial charge in [-0.05, 0) is 37.6 Å². The molecule has 0 bridgehead atoms. The Morgan fingerprint density at radius 3 is 2.72 bits per heavy atom. The fourth-order valence-electron chi connectivity index (χ4n) is 3.55. The van der Waals surface area contributed by atoms with Gasteiger partial charge in [0, 0.05) is 50.9 Å². The van der Waals surface area contributed by atoms with E-state index in [-0.39, 0.29) is 6.61 Å². The molecule has 2 aromatic rings. The van der Waals surface area contributed by atoms with Crippen molar-refractivity contribution in [3.05, 3.63) is 53.2 Å². The molecule has 1 aliphatic rings. The summed E-state index contributed by atoms with van der Waals surface area (Å²) in [6.45, 7) is 9.00. The molecule has 2 aromatic heterocycles. The van der Waals surface area contributed by atoms with Crippen molar-refractivity contribution >= 4 is 0 Å². The van der Waals surface area contributed by atoms with Crippen LogP contribution in [0.3, 0.4) is 0 Å². The van der Waals surface area contributed by atoms with E-state index in [1.807, 2.05) is 13.0 Å². The summed E-state index contributed by atoms with van der Waals surface area (Å²) in [6.07, 6.45) is 1.73. The van der Waals surface area contributed by atoms with E-state index < -0.39 is 0 Å². The zero-order chi connectivity index (χ0) is 17.6. The minimum atomic E-state index is 0.219. The Morgan fingerprint density at radius 2 is 2.00 bits per heavy atom. The Balaban J connectivity index is 1.61. The fourth-order valence-corrected chi connectivity index (χ4v) is 3.55. The van der Waals surface area contributed by atoms with Crippen LogP contribution < -0.4 is 0 Å². The van der Waals surface area contributed by atoms with E-state index in [1.54, 1.807) is 0 Å². The van der Waals surface area contributed by atoms with Gasteiger partial charge in [-0.3, -0.25) is 14.8 Å². The van der Waals surface area contributed by atoms with Gasteiger partial charge in [0.15, 0.2) is 0 Å². The number of piperazine rings is 1. The van der Waals surface area contributed by atoms with Gasteiger partial charge in [-0.25, -0.2) is 0 Å². The smallest absolute Gasteiger partial charge is 0.118 e. The predicted molar refractivity (Wildman–Crippen MR) is 98.2 cm³/mol. The highest BCUT2D eigenvalue weighted by molar-refractivity contribution is 5.10. The quantitative estimate of drug-likeness (QED) is 0.837. The fraction of sp³-hybridized carbons (Fsp3) is 0.550. The van der Waals surface area contributed by atoms with Crippen LogP contribution in [0.15, 0.2) is 34.7 Å². The van der Waals surface area contributed by atoms with Gasteiger partial charge >= 0.3 is 0 Å². The molecule has 5 nitrogen and oxygen atoms in total. The number of nitrogens with zero attached hydrogens (tertiary/aromatic N) is 3. The first-order valence-corrected chi connectivity index (χ1v) is 9.25. The lowest BCUT2D eigenvalue weighted by atomic mass is 10.1. The van der Waals surface area contributed by atoms with E-state index in [9.17, 15) is 5.11 Å². The minimum absolute atomic E-state index is 0.219. The van der Waals surface area contributed by atoms with Crippen molar-refractivity contribution < 1.29 is 9.52 Å². The topological polar surface area (TPSA) is 52.7 Å². The molecule has 0 saturated carbocycles. The molecular weight excluding hydrogens is 314 g/mol. The van der Waals surface area contributed by atoms with E-state index >= 15 is 0 Å². The van der Waals surface area contributed by atoms with Gasteiger partial charge < -0.3 is 9.52 Å². The molecule has 3 rings (SSSR count). The lowest BCUT2D eigenvalue weighted by molar-refractivity contribution is 0.0459. The summed E-state index contributed by atoms with van der Waals surface area (Å²) in [5.74, 6) is 2.08. The summed E-state index contributed by atoms with van der Waals surface area (Å²) in [5, 5.41) is 9.48. The molecule has 1 saturated heterocycles. The first-order valence-electron chi connectivity index (χ1n) is 9.25. The van der Waals surface area contributed by atoms with Crippen molar-refractivity contribution in [1.29, 1.82) is 0 Å². The Labute approximate surface area is 150 Å². The number of aromatic nitrogens is 1. The van der Waals surface area contributed by atoms with Crippen LogP contribution in [0.5, 0.6) is 0 Å². The van der Waals surface area contributed by atoms with Crippen LogP contribution in [0, 0.1) is 6.92 Å². The average molecular weight is 343 g/mol. The number of pyridine rings is 1. The van der Waals surface area contributed by atoms with E-state index in [4.69, 9.17) is 4.42 Å². The lowest BCUT2D eigenvalue weighted by Crippen LogP contribution is -2.52. The van der Waals surface area contributed by atoms with Gasteiger partial charge in [0.25, 0.3) is 0 Å². The van der Waals surface area contributed by atoms with E-state index in [0.29, 0.717) is 6.04 Å². The normalized spacial score (nSPS) is 19.4. The van der Waals surface area contributed by atoms with Crippen molar-refractivity contribution in [3.8, 4) is 0 Å². The maximum atomic E-state index is 9.48. The highest BCUT2D eigenvalue weighted by atomic mass is 16.3. The number of aliphatic hydroxyl groups excluding tert-OH is 1. The third-order valence-electron chi connectivity index (χ3n) is 4.91. The maximum absolute atomic E-state index is 9.48. The van der Waals surface area contributed by atoms with Crippen LogP contribution in [0.4, 0.5) is 0 Å².